The predicted molar refractivity (Wildman–Crippen MR) is 77.9 cm³/mol. The van der Waals surface area contributed by atoms with Gasteiger partial charge in [-0.1, -0.05) is 0 Å². The number of hydrogen-bond acceptors (Lipinski definition) is 4. The number of hydrogen-bond donors (Lipinski definition) is 1. The van der Waals surface area contributed by atoms with Crippen LogP contribution in [0.4, 0.5) is 5.69 Å². The Morgan fingerprint density at radius 1 is 1.55 bits per heavy atom. The lowest BCUT2D eigenvalue weighted by molar-refractivity contribution is 0.0387. The number of amides is 1. The van der Waals surface area contributed by atoms with Crippen LogP contribution >= 0.6 is 0 Å². The van der Waals surface area contributed by atoms with Gasteiger partial charge in [-0.15, -0.1) is 0 Å². The minimum Gasteiger partial charge on any atom is -0.496 e. The number of nitrogens with zero attached hydrogens (tertiary/aromatic N) is 1. The number of carbonyl (C=O) groups is 1. The van der Waals surface area contributed by atoms with Crippen molar-refractivity contribution in [3.63, 3.8) is 0 Å². The van der Waals surface area contributed by atoms with Gasteiger partial charge in [0, 0.05) is 32.0 Å². The fourth-order valence-electron chi connectivity index (χ4n) is 2.51. The van der Waals surface area contributed by atoms with E-state index in [2.05, 4.69) is 0 Å². The molecule has 1 heterocycles. The van der Waals surface area contributed by atoms with Gasteiger partial charge in [0.15, 0.2) is 0 Å². The summed E-state index contributed by atoms with van der Waals surface area (Å²) < 4.78 is 10.7. The highest BCUT2D eigenvalue weighted by Gasteiger charge is 2.21. The van der Waals surface area contributed by atoms with Crippen LogP contribution in [0.15, 0.2) is 18.2 Å². The zero-order chi connectivity index (χ0) is 14.5. The molecule has 0 saturated carbocycles. The third kappa shape index (κ3) is 3.42. The van der Waals surface area contributed by atoms with E-state index in [1.807, 2.05) is 7.05 Å². The minimum atomic E-state index is -0.0487. The van der Waals surface area contributed by atoms with Crippen LogP contribution in [0.3, 0.4) is 0 Å². The van der Waals surface area contributed by atoms with Crippen LogP contribution in [-0.2, 0) is 4.74 Å². The largest absolute Gasteiger partial charge is 0.496 e. The molecule has 1 saturated heterocycles. The smallest absolute Gasteiger partial charge is 0.257 e. The summed E-state index contributed by atoms with van der Waals surface area (Å²) in [6.07, 6.45) is 2.17. The summed E-state index contributed by atoms with van der Waals surface area (Å²) >= 11 is 0. The average molecular weight is 278 g/mol. The lowest BCUT2D eigenvalue weighted by atomic mass is 10.0. The van der Waals surface area contributed by atoms with Gasteiger partial charge in [-0.2, -0.15) is 0 Å². The van der Waals surface area contributed by atoms with E-state index in [-0.39, 0.29) is 5.91 Å². The minimum absolute atomic E-state index is 0.0487. The third-order valence-corrected chi connectivity index (χ3v) is 3.59. The van der Waals surface area contributed by atoms with Crippen LogP contribution in [-0.4, -0.2) is 44.7 Å². The molecule has 2 N–H and O–H groups in total. The van der Waals surface area contributed by atoms with Gasteiger partial charge in [0.2, 0.25) is 0 Å². The Morgan fingerprint density at radius 2 is 2.35 bits per heavy atom. The maximum atomic E-state index is 12.5. The molecule has 1 unspecified atom stereocenters. The Hall–Kier alpha value is -1.75. The normalized spacial score (nSPS) is 18.6. The molecule has 1 fully saturated rings. The van der Waals surface area contributed by atoms with E-state index in [0.717, 1.165) is 26.1 Å². The Balaban J connectivity index is 2.05. The van der Waals surface area contributed by atoms with Crippen LogP contribution in [0, 0.1) is 5.92 Å². The van der Waals surface area contributed by atoms with E-state index < -0.39 is 0 Å². The first-order valence-corrected chi connectivity index (χ1v) is 6.88. The molecule has 1 aliphatic rings. The number of anilines is 1. The quantitative estimate of drug-likeness (QED) is 0.853. The van der Waals surface area contributed by atoms with Crippen LogP contribution in [0.5, 0.6) is 5.75 Å². The summed E-state index contributed by atoms with van der Waals surface area (Å²) in [6, 6.07) is 5.10. The molecule has 5 heteroatoms. The van der Waals surface area contributed by atoms with Crippen molar-refractivity contribution in [3.05, 3.63) is 23.8 Å². The molecule has 0 bridgehead atoms. The first kappa shape index (κ1) is 14.7. The Kier molecular flexibility index (Phi) is 4.84. The van der Waals surface area contributed by atoms with Gasteiger partial charge in [-0.25, -0.2) is 0 Å². The summed E-state index contributed by atoms with van der Waals surface area (Å²) in [5, 5.41) is 0. The van der Waals surface area contributed by atoms with Crippen molar-refractivity contribution >= 4 is 11.6 Å². The summed E-state index contributed by atoms with van der Waals surface area (Å²) in [6.45, 7) is 2.27. The summed E-state index contributed by atoms with van der Waals surface area (Å²) in [5.41, 5.74) is 6.83. The van der Waals surface area contributed by atoms with Crippen LogP contribution in [0.1, 0.15) is 23.2 Å². The molecule has 0 aromatic heterocycles. The molecule has 5 nitrogen and oxygen atoms in total. The van der Waals surface area contributed by atoms with Gasteiger partial charge in [-0.05, 0) is 30.9 Å². The van der Waals surface area contributed by atoms with Crippen LogP contribution in [0.2, 0.25) is 0 Å². The van der Waals surface area contributed by atoms with Crippen LogP contribution in [0.25, 0.3) is 0 Å². The van der Waals surface area contributed by atoms with Crippen LogP contribution < -0.4 is 10.5 Å². The number of methoxy groups -OCH3 is 1. The highest BCUT2D eigenvalue weighted by Crippen LogP contribution is 2.23. The monoisotopic (exact) mass is 278 g/mol. The number of ether oxygens (including phenoxy) is 2. The second-order valence-corrected chi connectivity index (χ2v) is 5.23. The Bertz CT molecular complexity index is 470. The van der Waals surface area contributed by atoms with E-state index >= 15 is 0 Å². The van der Waals surface area contributed by atoms with Gasteiger partial charge in [0.25, 0.3) is 5.91 Å². The van der Waals surface area contributed by atoms with Gasteiger partial charge in [0.1, 0.15) is 5.75 Å². The lowest BCUT2D eigenvalue weighted by Crippen LogP contribution is -2.35. The molecule has 1 aliphatic heterocycles. The fraction of sp³-hybridized carbons (Fsp3) is 0.533. The molecule has 1 atom stereocenters. The maximum absolute atomic E-state index is 12.5. The summed E-state index contributed by atoms with van der Waals surface area (Å²) in [4.78, 5) is 14.2. The molecule has 0 radical (unpaired) electrons. The van der Waals surface area contributed by atoms with E-state index in [4.69, 9.17) is 15.2 Å². The highest BCUT2D eigenvalue weighted by atomic mass is 16.5. The number of nitrogens with two attached hydrogens (primary N) is 1. The molecule has 1 amide bonds. The Morgan fingerprint density at radius 3 is 3.00 bits per heavy atom. The van der Waals surface area contributed by atoms with Gasteiger partial charge < -0.3 is 20.1 Å². The first-order chi connectivity index (χ1) is 9.61. The maximum Gasteiger partial charge on any atom is 0.257 e. The van der Waals surface area contributed by atoms with E-state index in [1.165, 1.54) is 0 Å². The molecule has 0 aliphatic carbocycles. The SMILES string of the molecule is COc1cc(N)ccc1C(=O)N(C)CC1CCCOC1. The molecule has 1 aromatic carbocycles. The predicted octanol–water partition coefficient (Wildman–Crippen LogP) is 1.78. The highest BCUT2D eigenvalue weighted by molar-refractivity contribution is 5.97. The van der Waals surface area contributed by atoms with Crippen molar-refractivity contribution in [1.82, 2.24) is 4.90 Å². The first-order valence-electron chi connectivity index (χ1n) is 6.88. The molecule has 1 aromatic rings. The van der Waals surface area contributed by atoms with Gasteiger partial charge in [-0.3, -0.25) is 4.79 Å². The number of nitrogen functional groups attached to an aromatic ring is 1. The van der Waals surface area contributed by atoms with E-state index in [1.54, 1.807) is 30.2 Å². The fourth-order valence-corrected chi connectivity index (χ4v) is 2.51. The second kappa shape index (κ2) is 6.61. The number of carbonyl (C=O) groups excluding carboxylic acids is 1. The number of rotatable bonds is 4. The van der Waals surface area contributed by atoms with Crippen molar-refractivity contribution in [2.75, 3.05) is 39.6 Å². The van der Waals surface area contributed by atoms with Gasteiger partial charge in [0.05, 0.1) is 19.3 Å². The Labute approximate surface area is 119 Å². The van der Waals surface area contributed by atoms with E-state index in [0.29, 0.717) is 29.5 Å². The standard InChI is InChI=1S/C15H22N2O3/c1-17(9-11-4-3-7-20-10-11)15(18)13-6-5-12(16)8-14(13)19-2/h5-6,8,11H,3-4,7,9-10,16H2,1-2H3. The van der Waals surface area contributed by atoms with Gasteiger partial charge >= 0.3 is 0 Å². The average Bonchev–Trinajstić information content (AvgIpc) is 2.47. The molecule has 2 rings (SSSR count). The molecular formula is C15H22N2O3. The third-order valence-electron chi connectivity index (χ3n) is 3.59. The number of benzene rings is 1. The van der Waals surface area contributed by atoms with Crippen molar-refractivity contribution < 1.29 is 14.3 Å². The van der Waals surface area contributed by atoms with Crippen molar-refractivity contribution in [3.8, 4) is 5.75 Å². The van der Waals surface area contributed by atoms with Crippen molar-refractivity contribution in [1.29, 1.82) is 0 Å². The van der Waals surface area contributed by atoms with E-state index in [9.17, 15) is 4.79 Å². The summed E-state index contributed by atoms with van der Waals surface area (Å²) in [5.74, 6) is 0.881. The molecule has 20 heavy (non-hydrogen) atoms. The topological polar surface area (TPSA) is 64.8 Å². The zero-order valence-electron chi connectivity index (χ0n) is 12.1. The molecule has 0 spiro atoms. The molecular weight excluding hydrogens is 256 g/mol. The second-order valence-electron chi connectivity index (χ2n) is 5.23. The van der Waals surface area contributed by atoms with Crippen molar-refractivity contribution in [2.45, 2.75) is 12.8 Å². The summed E-state index contributed by atoms with van der Waals surface area (Å²) in [7, 11) is 3.35. The van der Waals surface area contributed by atoms with Crippen molar-refractivity contribution in [2.24, 2.45) is 5.92 Å². The molecule has 110 valence electrons. The lowest BCUT2D eigenvalue weighted by Gasteiger charge is -2.27. The zero-order valence-corrected chi connectivity index (χ0v) is 12.1.